The smallest absolute Gasteiger partial charge is 0.0757 e. The van der Waals surface area contributed by atoms with Gasteiger partial charge in [-0.25, -0.2) is 0 Å². The van der Waals surface area contributed by atoms with Crippen molar-refractivity contribution in [3.8, 4) is 0 Å². The summed E-state index contributed by atoms with van der Waals surface area (Å²) in [5, 5.41) is 0. The summed E-state index contributed by atoms with van der Waals surface area (Å²) in [6.45, 7) is 9.56. The van der Waals surface area contributed by atoms with Gasteiger partial charge in [-0.3, -0.25) is 4.90 Å². The van der Waals surface area contributed by atoms with Gasteiger partial charge >= 0.3 is 0 Å². The Labute approximate surface area is 110 Å². The van der Waals surface area contributed by atoms with Gasteiger partial charge in [0.15, 0.2) is 0 Å². The van der Waals surface area contributed by atoms with Crippen molar-refractivity contribution in [2.75, 3.05) is 25.4 Å². The third-order valence-electron chi connectivity index (χ3n) is 3.31. The van der Waals surface area contributed by atoms with Crippen LogP contribution >= 0.6 is 0 Å². The maximum Gasteiger partial charge on any atom is 0.0757 e. The zero-order chi connectivity index (χ0) is 13.2. The second-order valence-corrected chi connectivity index (χ2v) is 5.92. The molecule has 0 saturated carbocycles. The Balaban J connectivity index is 1.90. The molecule has 2 N–H and O–H groups in total. The van der Waals surface area contributed by atoms with Crippen molar-refractivity contribution in [2.45, 2.75) is 38.9 Å². The lowest BCUT2D eigenvalue weighted by atomic mass is 10.0. The summed E-state index contributed by atoms with van der Waals surface area (Å²) < 4.78 is 5.91. The van der Waals surface area contributed by atoms with Crippen LogP contribution in [0.15, 0.2) is 24.3 Å². The number of benzene rings is 1. The monoisotopic (exact) mass is 248 g/mol. The fourth-order valence-electron chi connectivity index (χ4n) is 2.79. The van der Waals surface area contributed by atoms with E-state index in [0.29, 0.717) is 6.10 Å². The van der Waals surface area contributed by atoms with E-state index in [1.165, 1.54) is 5.56 Å². The highest BCUT2D eigenvalue weighted by molar-refractivity contribution is 5.40. The van der Waals surface area contributed by atoms with E-state index < -0.39 is 0 Å². The third kappa shape index (κ3) is 3.72. The first-order chi connectivity index (χ1) is 8.44. The zero-order valence-electron chi connectivity index (χ0n) is 11.6. The molecule has 1 aliphatic rings. The molecule has 1 atom stereocenters. The summed E-state index contributed by atoms with van der Waals surface area (Å²) >= 11 is 0. The van der Waals surface area contributed by atoms with Crippen LogP contribution in [0.3, 0.4) is 0 Å². The molecule has 3 heteroatoms. The number of rotatable bonds is 3. The van der Waals surface area contributed by atoms with Crippen molar-refractivity contribution in [2.24, 2.45) is 0 Å². The molecule has 100 valence electrons. The lowest BCUT2D eigenvalue weighted by Gasteiger charge is -2.41. The van der Waals surface area contributed by atoms with Crippen LogP contribution in [0.2, 0.25) is 0 Å². The first-order valence-electron chi connectivity index (χ1n) is 6.69. The van der Waals surface area contributed by atoms with Crippen molar-refractivity contribution in [3.63, 3.8) is 0 Å². The number of ether oxygens (including phenoxy) is 1. The minimum Gasteiger partial charge on any atom is -0.399 e. The van der Waals surface area contributed by atoms with Gasteiger partial charge in [-0.1, -0.05) is 12.1 Å². The maximum absolute atomic E-state index is 5.91. The summed E-state index contributed by atoms with van der Waals surface area (Å²) in [6, 6.07) is 8.17. The molecule has 0 spiro atoms. The molecule has 1 saturated heterocycles. The second kappa shape index (κ2) is 5.29. The highest BCUT2D eigenvalue weighted by Crippen LogP contribution is 2.21. The Morgan fingerprint density at radius 1 is 1.44 bits per heavy atom. The van der Waals surface area contributed by atoms with E-state index in [4.69, 9.17) is 10.5 Å². The largest absolute Gasteiger partial charge is 0.399 e. The maximum atomic E-state index is 5.91. The molecule has 1 aromatic carbocycles. The lowest BCUT2D eigenvalue weighted by molar-refractivity contribution is -0.128. The summed E-state index contributed by atoms with van der Waals surface area (Å²) in [4.78, 5) is 2.48. The number of nitrogen functional groups attached to an aromatic ring is 1. The molecule has 0 aromatic heterocycles. The molecule has 18 heavy (non-hydrogen) atoms. The van der Waals surface area contributed by atoms with Crippen molar-refractivity contribution >= 4 is 5.69 Å². The average Bonchev–Trinajstić information content (AvgIpc) is 2.24. The van der Waals surface area contributed by atoms with Crippen LogP contribution in [-0.2, 0) is 11.2 Å². The van der Waals surface area contributed by atoms with Crippen LogP contribution < -0.4 is 5.73 Å². The number of hydrogen-bond acceptors (Lipinski definition) is 3. The van der Waals surface area contributed by atoms with Gasteiger partial charge in [-0.05, 0) is 44.9 Å². The zero-order valence-corrected chi connectivity index (χ0v) is 11.6. The standard InChI is InChI=1S/C15H24N2O/c1-12-10-17(11-15(2,3)18-12)8-7-13-5-4-6-14(16)9-13/h4-6,9,12H,7-8,10-11,16H2,1-3H3. The van der Waals surface area contributed by atoms with E-state index >= 15 is 0 Å². The number of hydrogen-bond donors (Lipinski definition) is 1. The Morgan fingerprint density at radius 2 is 2.22 bits per heavy atom. The molecular weight excluding hydrogens is 224 g/mol. The van der Waals surface area contributed by atoms with Gasteiger partial charge in [0, 0.05) is 25.3 Å². The summed E-state index contributed by atoms with van der Waals surface area (Å²) in [5.41, 5.74) is 7.93. The van der Waals surface area contributed by atoms with E-state index in [1.807, 2.05) is 12.1 Å². The van der Waals surface area contributed by atoms with Gasteiger partial charge in [-0.2, -0.15) is 0 Å². The highest BCUT2D eigenvalue weighted by atomic mass is 16.5. The van der Waals surface area contributed by atoms with Gasteiger partial charge in [0.25, 0.3) is 0 Å². The molecule has 1 heterocycles. The molecule has 0 amide bonds. The third-order valence-corrected chi connectivity index (χ3v) is 3.31. The Morgan fingerprint density at radius 3 is 2.89 bits per heavy atom. The number of nitrogens with zero attached hydrogens (tertiary/aromatic N) is 1. The van der Waals surface area contributed by atoms with Crippen molar-refractivity contribution in [3.05, 3.63) is 29.8 Å². The molecule has 1 aliphatic heterocycles. The van der Waals surface area contributed by atoms with Gasteiger partial charge in [0.2, 0.25) is 0 Å². The fourth-order valence-corrected chi connectivity index (χ4v) is 2.79. The summed E-state index contributed by atoms with van der Waals surface area (Å²) in [5.74, 6) is 0. The highest BCUT2D eigenvalue weighted by Gasteiger charge is 2.30. The Hall–Kier alpha value is -1.06. The van der Waals surface area contributed by atoms with Crippen molar-refractivity contribution < 1.29 is 4.74 Å². The number of nitrogens with two attached hydrogens (primary N) is 1. The van der Waals surface area contributed by atoms with E-state index in [0.717, 1.165) is 31.7 Å². The van der Waals surface area contributed by atoms with Crippen LogP contribution in [0.1, 0.15) is 26.3 Å². The average molecular weight is 248 g/mol. The Kier molecular flexibility index (Phi) is 3.93. The quantitative estimate of drug-likeness (QED) is 0.834. The Bertz CT molecular complexity index is 403. The number of anilines is 1. The minimum atomic E-state index is -0.0343. The van der Waals surface area contributed by atoms with Gasteiger partial charge < -0.3 is 10.5 Å². The van der Waals surface area contributed by atoms with E-state index in [1.54, 1.807) is 0 Å². The van der Waals surface area contributed by atoms with Crippen LogP contribution in [0, 0.1) is 0 Å². The first kappa shape index (κ1) is 13.4. The molecular formula is C15H24N2O. The van der Waals surface area contributed by atoms with Crippen molar-refractivity contribution in [1.82, 2.24) is 4.90 Å². The second-order valence-electron chi connectivity index (χ2n) is 5.92. The molecule has 2 rings (SSSR count). The molecule has 1 fully saturated rings. The van der Waals surface area contributed by atoms with Crippen LogP contribution in [-0.4, -0.2) is 36.2 Å². The summed E-state index contributed by atoms with van der Waals surface area (Å²) in [6.07, 6.45) is 1.36. The summed E-state index contributed by atoms with van der Waals surface area (Å²) in [7, 11) is 0. The fraction of sp³-hybridized carbons (Fsp3) is 0.600. The molecule has 1 unspecified atom stereocenters. The van der Waals surface area contributed by atoms with Crippen molar-refractivity contribution in [1.29, 1.82) is 0 Å². The minimum absolute atomic E-state index is 0.0343. The lowest BCUT2D eigenvalue weighted by Crippen LogP contribution is -2.52. The molecule has 1 aromatic rings. The SMILES string of the molecule is CC1CN(CCc2cccc(N)c2)CC(C)(C)O1. The number of morpholine rings is 1. The molecule has 0 radical (unpaired) electrons. The van der Waals surface area contributed by atoms with Crippen LogP contribution in [0.4, 0.5) is 5.69 Å². The van der Waals surface area contributed by atoms with Crippen LogP contribution in [0.5, 0.6) is 0 Å². The topological polar surface area (TPSA) is 38.5 Å². The normalized spacial score (nSPS) is 24.1. The molecule has 0 bridgehead atoms. The van der Waals surface area contributed by atoms with Gasteiger partial charge in [-0.15, -0.1) is 0 Å². The predicted molar refractivity (Wildman–Crippen MR) is 75.6 cm³/mol. The van der Waals surface area contributed by atoms with E-state index in [9.17, 15) is 0 Å². The van der Waals surface area contributed by atoms with Gasteiger partial charge in [0.05, 0.1) is 11.7 Å². The molecule has 0 aliphatic carbocycles. The van der Waals surface area contributed by atoms with E-state index in [2.05, 4.69) is 37.8 Å². The van der Waals surface area contributed by atoms with Crippen LogP contribution in [0.25, 0.3) is 0 Å². The van der Waals surface area contributed by atoms with E-state index in [-0.39, 0.29) is 5.60 Å². The van der Waals surface area contributed by atoms with Gasteiger partial charge in [0.1, 0.15) is 0 Å². The molecule has 3 nitrogen and oxygen atoms in total. The first-order valence-corrected chi connectivity index (χ1v) is 6.69. The predicted octanol–water partition coefficient (Wildman–Crippen LogP) is 2.31.